The molecule has 0 aromatic heterocycles. The van der Waals surface area contributed by atoms with Crippen LogP contribution in [0.4, 0.5) is 0 Å². The lowest BCUT2D eigenvalue weighted by molar-refractivity contribution is 0.353. The predicted octanol–water partition coefficient (Wildman–Crippen LogP) is 3.92. The Morgan fingerprint density at radius 2 is 1.75 bits per heavy atom. The monoisotopic (exact) mass is 164 g/mol. The Morgan fingerprint density at radius 3 is 2.42 bits per heavy atom. The first-order valence-electron chi connectivity index (χ1n) is 5.60. The van der Waals surface area contributed by atoms with Crippen LogP contribution in [-0.4, -0.2) is 0 Å². The fraction of sp³-hybridized carbons (Fsp3) is 0.833. The van der Waals surface area contributed by atoms with Crippen molar-refractivity contribution in [2.45, 2.75) is 51.4 Å². The van der Waals surface area contributed by atoms with Gasteiger partial charge in [0.25, 0.3) is 0 Å². The van der Waals surface area contributed by atoms with Crippen LogP contribution in [0.1, 0.15) is 51.4 Å². The van der Waals surface area contributed by atoms with Gasteiger partial charge in [-0.15, -0.1) is 0 Å². The van der Waals surface area contributed by atoms with Crippen LogP contribution in [0.15, 0.2) is 12.2 Å². The van der Waals surface area contributed by atoms with E-state index in [1.165, 1.54) is 51.4 Å². The van der Waals surface area contributed by atoms with Crippen molar-refractivity contribution in [2.24, 2.45) is 11.8 Å². The average Bonchev–Trinajstić information content (AvgIpc) is 2.59. The van der Waals surface area contributed by atoms with Crippen molar-refractivity contribution >= 4 is 0 Å². The molecule has 1 saturated carbocycles. The molecule has 0 radical (unpaired) electrons. The minimum atomic E-state index is 1.04. The van der Waals surface area contributed by atoms with E-state index in [4.69, 9.17) is 0 Å². The zero-order valence-electron chi connectivity index (χ0n) is 7.97. The van der Waals surface area contributed by atoms with E-state index >= 15 is 0 Å². The van der Waals surface area contributed by atoms with Crippen LogP contribution < -0.4 is 0 Å². The number of hydrogen-bond donors (Lipinski definition) is 0. The maximum atomic E-state index is 2.39. The Bertz CT molecular complexity index is 151. The standard InChI is InChI=1S/C12H20/c1-2-6-11(7-3-1)10-12-8-4-5-9-12/h1-2,11-12H,3-10H2. The SMILES string of the molecule is C1=CCC(CC2CCCC2)CC1. The van der Waals surface area contributed by atoms with Crippen molar-refractivity contribution in [1.82, 2.24) is 0 Å². The second-order valence-electron chi connectivity index (χ2n) is 4.54. The molecule has 0 bridgehead atoms. The van der Waals surface area contributed by atoms with Gasteiger partial charge in [0, 0.05) is 0 Å². The Balaban J connectivity index is 1.74. The van der Waals surface area contributed by atoms with E-state index in [1.807, 2.05) is 0 Å². The van der Waals surface area contributed by atoms with Crippen LogP contribution in [0.2, 0.25) is 0 Å². The molecular formula is C12H20. The van der Waals surface area contributed by atoms with Crippen molar-refractivity contribution in [3.8, 4) is 0 Å². The van der Waals surface area contributed by atoms with Gasteiger partial charge in [-0.2, -0.15) is 0 Å². The van der Waals surface area contributed by atoms with Crippen molar-refractivity contribution in [3.05, 3.63) is 12.2 Å². The lowest BCUT2D eigenvalue weighted by Crippen LogP contribution is -2.07. The third-order valence-corrected chi connectivity index (χ3v) is 3.52. The summed E-state index contributed by atoms with van der Waals surface area (Å²) in [6.45, 7) is 0. The Labute approximate surface area is 76.1 Å². The van der Waals surface area contributed by atoms with Crippen molar-refractivity contribution in [1.29, 1.82) is 0 Å². The highest BCUT2D eigenvalue weighted by atomic mass is 14.3. The highest BCUT2D eigenvalue weighted by Crippen LogP contribution is 2.34. The molecule has 1 unspecified atom stereocenters. The number of rotatable bonds is 2. The Hall–Kier alpha value is -0.260. The van der Waals surface area contributed by atoms with Crippen LogP contribution in [0.3, 0.4) is 0 Å². The predicted molar refractivity (Wildman–Crippen MR) is 53.1 cm³/mol. The van der Waals surface area contributed by atoms with E-state index in [1.54, 1.807) is 0 Å². The molecule has 2 rings (SSSR count). The Morgan fingerprint density at radius 1 is 0.917 bits per heavy atom. The number of allylic oxidation sites excluding steroid dienone is 2. The van der Waals surface area contributed by atoms with E-state index in [-0.39, 0.29) is 0 Å². The normalized spacial score (nSPS) is 31.2. The molecule has 68 valence electrons. The molecule has 2 aliphatic carbocycles. The average molecular weight is 164 g/mol. The summed E-state index contributed by atoms with van der Waals surface area (Å²) in [6, 6.07) is 0. The van der Waals surface area contributed by atoms with E-state index in [0.717, 1.165) is 11.8 Å². The van der Waals surface area contributed by atoms with E-state index in [0.29, 0.717) is 0 Å². The minimum absolute atomic E-state index is 1.04. The molecule has 0 N–H and O–H groups in total. The molecule has 12 heavy (non-hydrogen) atoms. The molecule has 0 aliphatic heterocycles. The first-order valence-corrected chi connectivity index (χ1v) is 5.60. The summed E-state index contributed by atoms with van der Waals surface area (Å²) >= 11 is 0. The topological polar surface area (TPSA) is 0 Å². The van der Waals surface area contributed by atoms with Gasteiger partial charge in [-0.05, 0) is 37.5 Å². The summed E-state index contributed by atoms with van der Waals surface area (Å²) < 4.78 is 0. The molecule has 0 heterocycles. The first-order chi connectivity index (χ1) is 5.95. The zero-order valence-corrected chi connectivity index (χ0v) is 7.97. The zero-order chi connectivity index (χ0) is 8.23. The molecule has 2 aliphatic rings. The Kier molecular flexibility index (Phi) is 2.86. The largest absolute Gasteiger partial charge is 0.0885 e. The van der Waals surface area contributed by atoms with Gasteiger partial charge >= 0.3 is 0 Å². The molecule has 1 atom stereocenters. The van der Waals surface area contributed by atoms with Gasteiger partial charge in [-0.25, -0.2) is 0 Å². The summed E-state index contributed by atoms with van der Waals surface area (Å²) in [4.78, 5) is 0. The van der Waals surface area contributed by atoms with Gasteiger partial charge < -0.3 is 0 Å². The van der Waals surface area contributed by atoms with E-state index < -0.39 is 0 Å². The van der Waals surface area contributed by atoms with E-state index in [9.17, 15) is 0 Å². The second kappa shape index (κ2) is 4.11. The molecule has 0 saturated heterocycles. The van der Waals surface area contributed by atoms with Gasteiger partial charge in [-0.1, -0.05) is 37.8 Å². The van der Waals surface area contributed by atoms with E-state index in [2.05, 4.69) is 12.2 Å². The van der Waals surface area contributed by atoms with Gasteiger partial charge in [0.2, 0.25) is 0 Å². The molecule has 0 amide bonds. The molecule has 0 heteroatoms. The molecule has 0 spiro atoms. The number of hydrogen-bond acceptors (Lipinski definition) is 0. The maximum Gasteiger partial charge on any atom is -0.0322 e. The van der Waals surface area contributed by atoms with Crippen LogP contribution in [0.25, 0.3) is 0 Å². The highest BCUT2D eigenvalue weighted by Gasteiger charge is 2.19. The minimum Gasteiger partial charge on any atom is -0.0885 e. The summed E-state index contributed by atoms with van der Waals surface area (Å²) in [5, 5.41) is 0. The molecule has 0 aromatic rings. The fourth-order valence-corrected chi connectivity index (χ4v) is 2.79. The van der Waals surface area contributed by atoms with Crippen LogP contribution in [0.5, 0.6) is 0 Å². The van der Waals surface area contributed by atoms with Gasteiger partial charge in [0.15, 0.2) is 0 Å². The van der Waals surface area contributed by atoms with Gasteiger partial charge in [-0.3, -0.25) is 0 Å². The van der Waals surface area contributed by atoms with Crippen LogP contribution in [0, 0.1) is 11.8 Å². The highest BCUT2D eigenvalue weighted by molar-refractivity contribution is 4.90. The van der Waals surface area contributed by atoms with Gasteiger partial charge in [0.05, 0.1) is 0 Å². The first kappa shape index (κ1) is 8.34. The summed E-state index contributed by atoms with van der Waals surface area (Å²) in [5.41, 5.74) is 0. The maximum absolute atomic E-state index is 2.39. The van der Waals surface area contributed by atoms with Crippen molar-refractivity contribution < 1.29 is 0 Å². The lowest BCUT2D eigenvalue weighted by atomic mass is 9.85. The molecule has 1 fully saturated rings. The lowest BCUT2D eigenvalue weighted by Gasteiger charge is -2.20. The third kappa shape index (κ3) is 2.12. The molecule has 0 aromatic carbocycles. The molecule has 0 nitrogen and oxygen atoms in total. The van der Waals surface area contributed by atoms with Crippen molar-refractivity contribution in [3.63, 3.8) is 0 Å². The van der Waals surface area contributed by atoms with Crippen LogP contribution >= 0.6 is 0 Å². The van der Waals surface area contributed by atoms with Crippen molar-refractivity contribution in [2.75, 3.05) is 0 Å². The summed E-state index contributed by atoms with van der Waals surface area (Å²) in [5.74, 6) is 2.14. The second-order valence-corrected chi connectivity index (χ2v) is 4.54. The van der Waals surface area contributed by atoms with Gasteiger partial charge in [0.1, 0.15) is 0 Å². The van der Waals surface area contributed by atoms with Crippen LogP contribution in [-0.2, 0) is 0 Å². The molecular weight excluding hydrogens is 144 g/mol. The summed E-state index contributed by atoms with van der Waals surface area (Å²) in [7, 11) is 0. The fourth-order valence-electron chi connectivity index (χ4n) is 2.79. The third-order valence-electron chi connectivity index (χ3n) is 3.52. The summed E-state index contributed by atoms with van der Waals surface area (Å²) in [6.07, 6.45) is 16.5. The smallest absolute Gasteiger partial charge is 0.0322 e. The quantitative estimate of drug-likeness (QED) is 0.543.